The molecule has 0 heterocycles. The molecule has 6 heteroatoms. The molecule has 0 N–H and O–H groups in total. The second-order valence-electron chi connectivity index (χ2n) is 9.27. The highest BCUT2D eigenvalue weighted by Gasteiger charge is 2.21. The number of hydrogen-bond donors (Lipinski definition) is 0. The summed E-state index contributed by atoms with van der Waals surface area (Å²) in [7, 11) is 0. The summed E-state index contributed by atoms with van der Waals surface area (Å²) in [4.78, 5) is 0. The first kappa shape index (κ1) is 33.8. The molecule has 0 saturated heterocycles. The van der Waals surface area contributed by atoms with Gasteiger partial charge in [-0.2, -0.15) is 0 Å². The van der Waals surface area contributed by atoms with Crippen LogP contribution in [0.1, 0.15) is 129 Å². The lowest BCUT2D eigenvalue weighted by Gasteiger charge is -2.18. The molecular weight excluding hydrogens is 876 g/mol. The van der Waals surface area contributed by atoms with Crippen LogP contribution in [-0.2, 0) is 0 Å². The third-order valence-electron chi connectivity index (χ3n) is 6.17. The Morgan fingerprint density at radius 3 is 0.941 bits per heavy atom. The molecule has 0 aliphatic carbocycles. The van der Waals surface area contributed by atoms with E-state index in [1.54, 1.807) is 0 Å². The van der Waals surface area contributed by atoms with Crippen LogP contribution in [0.25, 0.3) is 0 Å². The molecule has 198 valence electrons. The maximum absolute atomic E-state index is 6.34. The summed E-state index contributed by atoms with van der Waals surface area (Å²) in [5.74, 6) is 1.93. The maximum Gasteiger partial charge on any atom is 0.176 e. The Bertz CT molecular complexity index is 597. The van der Waals surface area contributed by atoms with Crippen LogP contribution in [-0.4, -0.2) is 13.2 Å². The van der Waals surface area contributed by atoms with E-state index in [4.69, 9.17) is 9.47 Å². The van der Waals surface area contributed by atoms with Crippen molar-refractivity contribution in [2.45, 2.75) is 129 Å². The predicted molar refractivity (Wildman–Crippen MR) is 183 cm³/mol. The first-order valence-corrected chi connectivity index (χ1v) is 18.0. The number of halogens is 4. The van der Waals surface area contributed by atoms with Gasteiger partial charge in [0.05, 0.1) is 20.4 Å². The zero-order valence-corrected chi connectivity index (χ0v) is 30.1. The molecule has 1 aromatic rings. The molecule has 1 rings (SSSR count). The van der Waals surface area contributed by atoms with Gasteiger partial charge in [-0.15, -0.1) is 0 Å². The van der Waals surface area contributed by atoms with E-state index >= 15 is 0 Å². The van der Waals surface area contributed by atoms with E-state index in [0.29, 0.717) is 0 Å². The number of benzene rings is 1. The van der Waals surface area contributed by atoms with E-state index in [1.165, 1.54) is 117 Å². The van der Waals surface area contributed by atoms with Crippen molar-refractivity contribution >= 4 is 90.4 Å². The third kappa shape index (κ3) is 14.6. The summed E-state index contributed by atoms with van der Waals surface area (Å²) in [6, 6.07) is 0. The van der Waals surface area contributed by atoms with Gasteiger partial charge in [-0.3, -0.25) is 0 Å². The van der Waals surface area contributed by atoms with Gasteiger partial charge >= 0.3 is 0 Å². The minimum atomic E-state index is 0.785. The van der Waals surface area contributed by atoms with Gasteiger partial charge in [0.25, 0.3) is 0 Å². The molecule has 0 aromatic heterocycles. The number of ether oxygens (including phenoxy) is 2. The van der Waals surface area contributed by atoms with E-state index in [1.807, 2.05) is 0 Å². The molecule has 0 unspecified atom stereocenters. The Kier molecular flexibility index (Phi) is 22.5. The average Bonchev–Trinajstić information content (AvgIpc) is 2.84. The van der Waals surface area contributed by atoms with Gasteiger partial charge in [0, 0.05) is 7.14 Å². The van der Waals surface area contributed by atoms with Crippen LogP contribution in [0.3, 0.4) is 0 Å². The lowest BCUT2D eigenvalue weighted by molar-refractivity contribution is 0.255. The Morgan fingerprint density at radius 2 is 0.647 bits per heavy atom. The lowest BCUT2D eigenvalue weighted by Crippen LogP contribution is -2.08. The van der Waals surface area contributed by atoms with E-state index in [-0.39, 0.29) is 0 Å². The predicted octanol–water partition coefficient (Wildman–Crippen LogP) is 11.9. The molecule has 34 heavy (non-hydrogen) atoms. The van der Waals surface area contributed by atoms with E-state index in [2.05, 4.69) is 104 Å². The van der Waals surface area contributed by atoms with Crippen molar-refractivity contribution in [1.82, 2.24) is 0 Å². The SMILES string of the molecule is CCCCCCCCCCCOc1c(I)c(I)c(I)c(I)c1OCCCCCCCCCCC. The van der Waals surface area contributed by atoms with Gasteiger partial charge < -0.3 is 9.47 Å². The Morgan fingerprint density at radius 1 is 0.382 bits per heavy atom. The van der Waals surface area contributed by atoms with Crippen LogP contribution in [0.2, 0.25) is 0 Å². The number of rotatable bonds is 22. The van der Waals surface area contributed by atoms with Gasteiger partial charge in [0.15, 0.2) is 11.5 Å². The fraction of sp³-hybridized carbons (Fsp3) is 0.786. The molecule has 0 saturated carbocycles. The highest BCUT2D eigenvalue weighted by atomic mass is 127. The van der Waals surface area contributed by atoms with Gasteiger partial charge in [-0.05, 0) is 103 Å². The third-order valence-corrected chi connectivity index (χ3v) is 13.5. The van der Waals surface area contributed by atoms with Crippen molar-refractivity contribution < 1.29 is 9.47 Å². The Balaban J connectivity index is 2.39. The van der Waals surface area contributed by atoms with Crippen LogP contribution in [0, 0.1) is 14.3 Å². The molecular formula is C28H46I4O2. The Labute approximate surface area is 265 Å². The zero-order chi connectivity index (χ0) is 25.0. The molecule has 0 amide bonds. The number of hydrogen-bond acceptors (Lipinski definition) is 2. The van der Waals surface area contributed by atoms with Crippen molar-refractivity contribution in [3.05, 3.63) is 14.3 Å². The highest BCUT2D eigenvalue weighted by molar-refractivity contribution is 14.1. The van der Waals surface area contributed by atoms with Gasteiger partial charge in [-0.1, -0.05) is 117 Å². The van der Waals surface area contributed by atoms with Crippen LogP contribution in [0.4, 0.5) is 0 Å². The molecule has 1 aromatic carbocycles. The van der Waals surface area contributed by atoms with Crippen molar-refractivity contribution in [1.29, 1.82) is 0 Å². The molecule has 0 atom stereocenters. The summed E-state index contributed by atoms with van der Waals surface area (Å²) in [6.07, 6.45) is 24.0. The fourth-order valence-corrected chi connectivity index (χ4v) is 7.43. The monoisotopic (exact) mass is 922 g/mol. The topological polar surface area (TPSA) is 18.5 Å². The summed E-state index contributed by atoms with van der Waals surface area (Å²) in [5.41, 5.74) is 0. The van der Waals surface area contributed by atoms with Crippen molar-refractivity contribution in [2.75, 3.05) is 13.2 Å². The van der Waals surface area contributed by atoms with E-state index in [9.17, 15) is 0 Å². The fourth-order valence-electron chi connectivity index (χ4n) is 4.02. The van der Waals surface area contributed by atoms with E-state index in [0.717, 1.165) is 37.6 Å². The number of unbranched alkanes of at least 4 members (excludes halogenated alkanes) is 16. The smallest absolute Gasteiger partial charge is 0.176 e. The minimum absolute atomic E-state index is 0.785. The van der Waals surface area contributed by atoms with Crippen molar-refractivity contribution in [3.63, 3.8) is 0 Å². The average molecular weight is 922 g/mol. The summed E-state index contributed by atoms with van der Waals surface area (Å²) < 4.78 is 17.6. The second kappa shape index (κ2) is 22.7. The highest BCUT2D eigenvalue weighted by Crippen LogP contribution is 2.43. The lowest BCUT2D eigenvalue weighted by atomic mass is 10.1. The first-order valence-electron chi connectivity index (χ1n) is 13.7. The molecule has 2 nitrogen and oxygen atoms in total. The molecule has 0 fully saturated rings. The minimum Gasteiger partial charge on any atom is -0.489 e. The molecule has 0 radical (unpaired) electrons. The first-order chi connectivity index (χ1) is 16.5. The van der Waals surface area contributed by atoms with Crippen LogP contribution in [0.15, 0.2) is 0 Å². The van der Waals surface area contributed by atoms with E-state index < -0.39 is 0 Å². The van der Waals surface area contributed by atoms with Crippen LogP contribution in [0.5, 0.6) is 11.5 Å². The quantitative estimate of drug-likeness (QED) is 0.0499. The summed E-state index contributed by atoms with van der Waals surface area (Å²) in [6.45, 7) is 6.13. The van der Waals surface area contributed by atoms with Gasteiger partial charge in [-0.25, -0.2) is 0 Å². The largest absolute Gasteiger partial charge is 0.489 e. The standard InChI is InChI=1S/C28H46I4O2/c1-3-5-7-9-11-13-15-17-19-21-33-27-25(31)23(29)24(30)26(32)28(27)34-22-20-18-16-14-12-10-8-6-4-2/h3-22H2,1-2H3. The Hall–Kier alpha value is 1.74. The molecule has 0 aliphatic rings. The summed E-state index contributed by atoms with van der Waals surface area (Å²) in [5, 5.41) is 0. The summed E-state index contributed by atoms with van der Waals surface area (Å²) >= 11 is 9.76. The van der Waals surface area contributed by atoms with Crippen molar-refractivity contribution in [3.8, 4) is 11.5 Å². The molecule has 0 spiro atoms. The van der Waals surface area contributed by atoms with Crippen molar-refractivity contribution in [2.24, 2.45) is 0 Å². The van der Waals surface area contributed by atoms with Crippen LogP contribution < -0.4 is 9.47 Å². The van der Waals surface area contributed by atoms with Gasteiger partial charge in [0.1, 0.15) is 0 Å². The maximum atomic E-state index is 6.34. The molecule has 0 bridgehead atoms. The normalized spacial score (nSPS) is 11.2. The second-order valence-corrected chi connectivity index (χ2v) is 13.6. The zero-order valence-electron chi connectivity index (χ0n) is 21.5. The molecule has 0 aliphatic heterocycles. The van der Waals surface area contributed by atoms with Crippen LogP contribution >= 0.6 is 90.4 Å². The van der Waals surface area contributed by atoms with Gasteiger partial charge in [0.2, 0.25) is 0 Å².